The minimum atomic E-state index is -0.229. The second kappa shape index (κ2) is 7.75. The van der Waals surface area contributed by atoms with Gasteiger partial charge in [0, 0.05) is 43.3 Å². The summed E-state index contributed by atoms with van der Waals surface area (Å²) in [4.78, 5) is 20.6. The summed E-state index contributed by atoms with van der Waals surface area (Å²) in [7, 11) is 0. The molecule has 0 aliphatic carbocycles. The minimum Gasteiger partial charge on any atom is -0.431 e. The van der Waals surface area contributed by atoms with Crippen LogP contribution in [-0.4, -0.2) is 42.0 Å². The molecule has 0 spiro atoms. The Balaban J connectivity index is 1.37. The summed E-state index contributed by atoms with van der Waals surface area (Å²) in [6, 6.07) is 13.8. The second-order valence-electron chi connectivity index (χ2n) is 6.16. The number of para-hydroxylation sites is 1. The van der Waals surface area contributed by atoms with E-state index in [4.69, 9.17) is 4.74 Å². The number of nitrogens with zero attached hydrogens (tertiary/aromatic N) is 3. The van der Waals surface area contributed by atoms with Gasteiger partial charge in [-0.2, -0.15) is 0 Å². The van der Waals surface area contributed by atoms with Crippen molar-refractivity contribution in [1.82, 2.24) is 9.88 Å². The minimum absolute atomic E-state index is 0.0241. The molecule has 0 saturated carbocycles. The second-order valence-corrected chi connectivity index (χ2v) is 7.01. The number of aromatic nitrogens is 1. The van der Waals surface area contributed by atoms with Gasteiger partial charge in [0.15, 0.2) is 0 Å². The number of piperazine rings is 1. The van der Waals surface area contributed by atoms with Crippen molar-refractivity contribution < 1.29 is 13.9 Å². The van der Waals surface area contributed by atoms with Crippen molar-refractivity contribution in [2.75, 3.05) is 31.1 Å². The lowest BCUT2D eigenvalue weighted by Crippen LogP contribution is -2.49. The topological polar surface area (TPSA) is 45.7 Å². The quantitative estimate of drug-likeness (QED) is 0.682. The molecule has 0 bridgehead atoms. The van der Waals surface area contributed by atoms with Gasteiger partial charge in [0.2, 0.25) is 0 Å². The van der Waals surface area contributed by atoms with Crippen LogP contribution in [0.25, 0.3) is 0 Å². The van der Waals surface area contributed by atoms with Crippen molar-refractivity contribution in [3.63, 3.8) is 0 Å². The van der Waals surface area contributed by atoms with Gasteiger partial charge < -0.3 is 14.5 Å². The number of rotatable bonds is 4. The van der Waals surface area contributed by atoms with E-state index in [1.54, 1.807) is 47.5 Å². The molecule has 138 valence electrons. The van der Waals surface area contributed by atoms with Gasteiger partial charge in [-0.25, -0.2) is 9.37 Å². The van der Waals surface area contributed by atoms with Crippen LogP contribution in [0.15, 0.2) is 60.1 Å². The molecule has 2 aromatic carbocycles. The summed E-state index contributed by atoms with van der Waals surface area (Å²) in [5.41, 5.74) is 1.20. The van der Waals surface area contributed by atoms with Crippen molar-refractivity contribution in [2.24, 2.45) is 0 Å². The molecule has 1 aliphatic heterocycles. The molecule has 7 heteroatoms. The third kappa shape index (κ3) is 3.93. The number of ether oxygens (including phenoxy) is 1. The van der Waals surface area contributed by atoms with Gasteiger partial charge in [0.25, 0.3) is 11.1 Å². The standard InChI is InChI=1S/C20H18FN3O2S/c21-17-3-1-2-4-18(17)23-10-12-24(13-11-23)19(25)15-5-7-16(8-6-15)26-20-22-9-14-27-20/h1-9,14H,10-13H2. The Kier molecular flexibility index (Phi) is 5.02. The zero-order valence-electron chi connectivity index (χ0n) is 14.5. The normalized spacial score (nSPS) is 14.3. The Morgan fingerprint density at radius 3 is 2.44 bits per heavy atom. The maximum atomic E-state index is 13.9. The van der Waals surface area contributed by atoms with Gasteiger partial charge in [0.1, 0.15) is 11.6 Å². The van der Waals surface area contributed by atoms with E-state index in [1.165, 1.54) is 17.4 Å². The van der Waals surface area contributed by atoms with E-state index in [9.17, 15) is 9.18 Å². The van der Waals surface area contributed by atoms with Gasteiger partial charge in [-0.1, -0.05) is 23.5 Å². The van der Waals surface area contributed by atoms with Gasteiger partial charge in [0.05, 0.1) is 5.69 Å². The third-order valence-corrected chi connectivity index (χ3v) is 5.12. The molecule has 1 fully saturated rings. The van der Waals surface area contributed by atoms with E-state index in [0.717, 1.165) is 0 Å². The van der Waals surface area contributed by atoms with Crippen molar-refractivity contribution in [3.8, 4) is 10.9 Å². The van der Waals surface area contributed by atoms with Crippen LogP contribution in [0.2, 0.25) is 0 Å². The number of amides is 1. The highest BCUT2D eigenvalue weighted by molar-refractivity contribution is 7.11. The molecule has 0 N–H and O–H groups in total. The summed E-state index contributed by atoms with van der Waals surface area (Å²) >= 11 is 1.41. The zero-order chi connectivity index (χ0) is 18.6. The predicted molar refractivity (Wildman–Crippen MR) is 103 cm³/mol. The Morgan fingerprint density at radius 2 is 1.78 bits per heavy atom. The first-order valence-corrected chi connectivity index (χ1v) is 9.55. The monoisotopic (exact) mass is 383 g/mol. The first kappa shape index (κ1) is 17.5. The molecule has 1 aromatic heterocycles. The molecule has 5 nitrogen and oxygen atoms in total. The summed E-state index contributed by atoms with van der Waals surface area (Å²) in [5, 5.41) is 2.41. The lowest BCUT2D eigenvalue weighted by molar-refractivity contribution is 0.0746. The summed E-state index contributed by atoms with van der Waals surface area (Å²) in [6.45, 7) is 2.34. The van der Waals surface area contributed by atoms with E-state index in [2.05, 4.69) is 4.98 Å². The third-order valence-electron chi connectivity index (χ3n) is 4.48. The highest BCUT2D eigenvalue weighted by Crippen LogP contribution is 2.24. The van der Waals surface area contributed by atoms with Crippen LogP contribution in [0.4, 0.5) is 10.1 Å². The number of anilines is 1. The summed E-state index contributed by atoms with van der Waals surface area (Å²) in [5.74, 6) is 0.392. The van der Waals surface area contributed by atoms with E-state index >= 15 is 0 Å². The van der Waals surface area contributed by atoms with Crippen LogP contribution in [0, 0.1) is 5.82 Å². The maximum absolute atomic E-state index is 13.9. The SMILES string of the molecule is O=C(c1ccc(Oc2nccs2)cc1)N1CCN(c2ccccc2F)CC1. The van der Waals surface area contributed by atoms with Crippen molar-refractivity contribution >= 4 is 22.9 Å². The Labute approximate surface area is 160 Å². The summed E-state index contributed by atoms with van der Waals surface area (Å²) < 4.78 is 19.5. The van der Waals surface area contributed by atoms with Crippen molar-refractivity contribution in [2.45, 2.75) is 0 Å². The lowest BCUT2D eigenvalue weighted by atomic mass is 10.1. The molecule has 0 atom stereocenters. The first-order chi connectivity index (χ1) is 13.2. The van der Waals surface area contributed by atoms with Crippen LogP contribution in [0.5, 0.6) is 10.9 Å². The van der Waals surface area contributed by atoms with Crippen LogP contribution in [-0.2, 0) is 0 Å². The fourth-order valence-corrected chi connectivity index (χ4v) is 3.57. The molecule has 27 heavy (non-hydrogen) atoms. The fraction of sp³-hybridized carbons (Fsp3) is 0.200. The summed E-state index contributed by atoms with van der Waals surface area (Å²) in [6.07, 6.45) is 1.68. The van der Waals surface area contributed by atoms with E-state index < -0.39 is 0 Å². The molecular formula is C20H18FN3O2S. The van der Waals surface area contributed by atoms with Crippen LogP contribution in [0.3, 0.4) is 0 Å². The molecule has 0 unspecified atom stereocenters. The molecule has 2 heterocycles. The maximum Gasteiger partial charge on any atom is 0.278 e. The molecule has 4 rings (SSSR count). The van der Waals surface area contributed by atoms with Crippen molar-refractivity contribution in [1.29, 1.82) is 0 Å². The molecule has 1 amide bonds. The van der Waals surface area contributed by atoms with E-state index in [0.29, 0.717) is 48.4 Å². The molecule has 1 aliphatic rings. The Bertz CT molecular complexity index is 907. The smallest absolute Gasteiger partial charge is 0.278 e. The largest absolute Gasteiger partial charge is 0.431 e. The number of carbonyl (C=O) groups is 1. The highest BCUT2D eigenvalue weighted by Gasteiger charge is 2.23. The molecule has 0 radical (unpaired) electrons. The Morgan fingerprint density at radius 1 is 1.04 bits per heavy atom. The Hall–Kier alpha value is -2.93. The van der Waals surface area contributed by atoms with Gasteiger partial charge in [-0.3, -0.25) is 4.79 Å². The number of halogens is 1. The average Bonchev–Trinajstić information content (AvgIpc) is 3.22. The average molecular weight is 383 g/mol. The number of benzene rings is 2. The molecule has 3 aromatic rings. The molecule has 1 saturated heterocycles. The number of hydrogen-bond acceptors (Lipinski definition) is 5. The van der Waals surface area contributed by atoms with E-state index in [1.807, 2.05) is 16.3 Å². The fourth-order valence-electron chi connectivity index (χ4n) is 3.07. The number of carbonyl (C=O) groups excluding carboxylic acids is 1. The van der Waals surface area contributed by atoms with Crippen LogP contribution >= 0.6 is 11.3 Å². The number of thiazole rings is 1. The van der Waals surface area contributed by atoms with Gasteiger partial charge >= 0.3 is 0 Å². The number of hydrogen-bond donors (Lipinski definition) is 0. The first-order valence-electron chi connectivity index (χ1n) is 8.67. The highest BCUT2D eigenvalue weighted by atomic mass is 32.1. The molecular weight excluding hydrogens is 365 g/mol. The van der Waals surface area contributed by atoms with Gasteiger partial charge in [-0.15, -0.1) is 0 Å². The van der Waals surface area contributed by atoms with Gasteiger partial charge in [-0.05, 0) is 36.4 Å². The lowest BCUT2D eigenvalue weighted by Gasteiger charge is -2.36. The van der Waals surface area contributed by atoms with Crippen LogP contribution in [0.1, 0.15) is 10.4 Å². The zero-order valence-corrected chi connectivity index (χ0v) is 15.4. The van der Waals surface area contributed by atoms with E-state index in [-0.39, 0.29) is 11.7 Å². The predicted octanol–water partition coefficient (Wildman–Crippen LogP) is 4.04. The van der Waals surface area contributed by atoms with Crippen molar-refractivity contribution in [3.05, 3.63) is 71.5 Å². The van der Waals surface area contributed by atoms with Crippen LogP contribution < -0.4 is 9.64 Å².